The normalized spacial score (nSPS) is 10.8. The number of hydrogen-bond acceptors (Lipinski definition) is 4. The minimum absolute atomic E-state index is 0.462. The molecule has 0 atom stereocenters. The highest BCUT2D eigenvalue weighted by molar-refractivity contribution is 5.91. The van der Waals surface area contributed by atoms with E-state index < -0.39 is 0 Å². The summed E-state index contributed by atoms with van der Waals surface area (Å²) in [5, 5.41) is 9.70. The molecule has 0 fully saturated rings. The van der Waals surface area contributed by atoms with Gasteiger partial charge in [0.2, 0.25) is 0 Å². The number of methoxy groups -OCH3 is 2. The predicted octanol–water partition coefficient (Wildman–Crippen LogP) is 5.35. The van der Waals surface area contributed by atoms with Gasteiger partial charge in [-0.25, -0.2) is 0 Å². The fourth-order valence-electron chi connectivity index (χ4n) is 2.81. The quantitative estimate of drug-likeness (QED) is 0.415. The van der Waals surface area contributed by atoms with Crippen LogP contribution in [0, 0.1) is 11.3 Å². The van der Waals surface area contributed by atoms with Gasteiger partial charge >= 0.3 is 0 Å². The Kier molecular flexibility index (Phi) is 6.33. The van der Waals surface area contributed by atoms with E-state index in [2.05, 4.69) is 6.07 Å². The van der Waals surface area contributed by atoms with E-state index in [1.807, 2.05) is 66.7 Å². The third kappa shape index (κ3) is 4.52. The summed E-state index contributed by atoms with van der Waals surface area (Å²) in [4.78, 5) is 0. The average molecular weight is 371 g/mol. The molecule has 3 aromatic carbocycles. The Morgan fingerprint density at radius 2 is 1.57 bits per heavy atom. The van der Waals surface area contributed by atoms with Gasteiger partial charge in [0.25, 0.3) is 0 Å². The van der Waals surface area contributed by atoms with E-state index in [0.717, 1.165) is 22.4 Å². The number of nitriles is 1. The first-order valence-corrected chi connectivity index (χ1v) is 8.85. The minimum Gasteiger partial charge on any atom is -0.493 e. The molecule has 0 N–H and O–H groups in total. The molecule has 4 nitrogen and oxygen atoms in total. The summed E-state index contributed by atoms with van der Waals surface area (Å²) in [6, 6.07) is 25.3. The predicted molar refractivity (Wildman–Crippen MR) is 110 cm³/mol. The summed E-state index contributed by atoms with van der Waals surface area (Å²) in [5.74, 6) is 1.92. The number of para-hydroxylation sites is 1. The Balaban J connectivity index is 1.90. The van der Waals surface area contributed by atoms with E-state index in [1.54, 1.807) is 26.4 Å². The van der Waals surface area contributed by atoms with Crippen LogP contribution >= 0.6 is 0 Å². The maximum absolute atomic E-state index is 9.70. The first-order valence-electron chi connectivity index (χ1n) is 8.85. The molecule has 0 aliphatic heterocycles. The van der Waals surface area contributed by atoms with Crippen LogP contribution in [0.5, 0.6) is 17.2 Å². The van der Waals surface area contributed by atoms with Gasteiger partial charge in [0.1, 0.15) is 12.4 Å². The van der Waals surface area contributed by atoms with Crippen LogP contribution in [0.3, 0.4) is 0 Å². The number of hydrogen-bond donors (Lipinski definition) is 0. The van der Waals surface area contributed by atoms with E-state index in [0.29, 0.717) is 23.7 Å². The van der Waals surface area contributed by atoms with Gasteiger partial charge in [-0.3, -0.25) is 0 Å². The van der Waals surface area contributed by atoms with Crippen molar-refractivity contribution in [2.45, 2.75) is 6.61 Å². The van der Waals surface area contributed by atoms with E-state index in [-0.39, 0.29) is 0 Å². The van der Waals surface area contributed by atoms with Crippen molar-refractivity contribution in [2.24, 2.45) is 0 Å². The molecule has 0 unspecified atom stereocenters. The molecular weight excluding hydrogens is 350 g/mol. The second-order valence-corrected chi connectivity index (χ2v) is 6.05. The molecule has 0 saturated carbocycles. The Morgan fingerprint density at radius 1 is 0.857 bits per heavy atom. The third-order valence-corrected chi connectivity index (χ3v) is 4.27. The fourth-order valence-corrected chi connectivity index (χ4v) is 2.81. The van der Waals surface area contributed by atoms with Crippen molar-refractivity contribution in [2.75, 3.05) is 14.2 Å². The molecule has 3 aromatic rings. The van der Waals surface area contributed by atoms with Crippen molar-refractivity contribution < 1.29 is 14.2 Å². The van der Waals surface area contributed by atoms with Crippen LogP contribution < -0.4 is 14.2 Å². The molecule has 140 valence electrons. The van der Waals surface area contributed by atoms with Crippen LogP contribution in [0.15, 0.2) is 72.8 Å². The zero-order valence-corrected chi connectivity index (χ0v) is 15.9. The van der Waals surface area contributed by atoms with Crippen molar-refractivity contribution in [3.8, 4) is 23.3 Å². The summed E-state index contributed by atoms with van der Waals surface area (Å²) in [6.07, 6.45) is 1.82. The molecule has 3 rings (SSSR count). The van der Waals surface area contributed by atoms with E-state index in [1.165, 1.54) is 0 Å². The van der Waals surface area contributed by atoms with Crippen LogP contribution in [0.25, 0.3) is 11.6 Å². The fraction of sp³-hybridized carbons (Fsp3) is 0.125. The molecule has 0 radical (unpaired) electrons. The lowest BCUT2D eigenvalue weighted by Gasteiger charge is -2.11. The number of nitrogens with zero attached hydrogens (tertiary/aromatic N) is 1. The minimum atomic E-state index is 0.462. The zero-order chi connectivity index (χ0) is 19.8. The number of allylic oxidation sites excluding steroid dienone is 1. The van der Waals surface area contributed by atoms with Crippen molar-refractivity contribution in [1.29, 1.82) is 5.26 Å². The lowest BCUT2D eigenvalue weighted by Crippen LogP contribution is -1.97. The topological polar surface area (TPSA) is 51.5 Å². The summed E-state index contributed by atoms with van der Waals surface area (Å²) in [7, 11) is 3.16. The maximum Gasteiger partial charge on any atom is 0.161 e. The Hall–Kier alpha value is -3.71. The van der Waals surface area contributed by atoms with Crippen LogP contribution in [0.2, 0.25) is 0 Å². The summed E-state index contributed by atoms with van der Waals surface area (Å²) >= 11 is 0. The van der Waals surface area contributed by atoms with Crippen molar-refractivity contribution in [1.82, 2.24) is 0 Å². The number of ether oxygens (including phenoxy) is 3. The van der Waals surface area contributed by atoms with Crippen molar-refractivity contribution in [3.05, 3.63) is 89.5 Å². The maximum atomic E-state index is 9.70. The highest BCUT2D eigenvalue weighted by Gasteiger charge is 2.10. The molecule has 0 aromatic heterocycles. The third-order valence-electron chi connectivity index (χ3n) is 4.27. The summed E-state index contributed by atoms with van der Waals surface area (Å²) in [5.41, 5.74) is 3.18. The highest BCUT2D eigenvalue weighted by Crippen LogP contribution is 2.32. The first-order chi connectivity index (χ1) is 13.7. The van der Waals surface area contributed by atoms with E-state index in [9.17, 15) is 5.26 Å². The molecule has 0 saturated heterocycles. The SMILES string of the molecule is COc1ccc(/C(C#N)=C/c2ccccc2OCc2ccccc2)cc1OC. The van der Waals surface area contributed by atoms with Gasteiger partial charge in [0, 0.05) is 5.56 Å². The monoisotopic (exact) mass is 371 g/mol. The zero-order valence-electron chi connectivity index (χ0n) is 15.9. The molecule has 0 aliphatic carbocycles. The molecule has 0 spiro atoms. The molecule has 0 aliphatic rings. The molecule has 28 heavy (non-hydrogen) atoms. The van der Waals surface area contributed by atoms with Gasteiger partial charge in [0.15, 0.2) is 11.5 Å². The van der Waals surface area contributed by atoms with Crippen LogP contribution in [0.1, 0.15) is 16.7 Å². The van der Waals surface area contributed by atoms with Gasteiger partial charge in [-0.1, -0.05) is 48.5 Å². The van der Waals surface area contributed by atoms with Gasteiger partial charge in [-0.05, 0) is 41.5 Å². The highest BCUT2D eigenvalue weighted by atomic mass is 16.5. The standard InChI is InChI=1S/C24H21NO3/c1-26-23-13-12-19(15-24(23)27-2)21(16-25)14-20-10-6-7-11-22(20)28-17-18-8-4-3-5-9-18/h3-15H,17H2,1-2H3/b21-14+. The second-order valence-electron chi connectivity index (χ2n) is 6.05. The van der Waals surface area contributed by atoms with E-state index >= 15 is 0 Å². The molecule has 0 heterocycles. The average Bonchev–Trinajstić information content (AvgIpc) is 2.77. The molecule has 4 heteroatoms. The Bertz CT molecular complexity index is 1000. The van der Waals surface area contributed by atoms with Crippen molar-refractivity contribution >= 4 is 11.6 Å². The van der Waals surface area contributed by atoms with Crippen LogP contribution in [-0.2, 0) is 6.61 Å². The van der Waals surface area contributed by atoms with Crippen LogP contribution in [0.4, 0.5) is 0 Å². The Morgan fingerprint density at radius 3 is 2.29 bits per heavy atom. The van der Waals surface area contributed by atoms with Gasteiger partial charge in [-0.2, -0.15) is 5.26 Å². The smallest absolute Gasteiger partial charge is 0.161 e. The lowest BCUT2D eigenvalue weighted by atomic mass is 10.0. The van der Waals surface area contributed by atoms with Crippen LogP contribution in [-0.4, -0.2) is 14.2 Å². The summed E-state index contributed by atoms with van der Waals surface area (Å²) < 4.78 is 16.6. The molecule has 0 bridgehead atoms. The van der Waals surface area contributed by atoms with Crippen molar-refractivity contribution in [3.63, 3.8) is 0 Å². The first kappa shape index (κ1) is 19.1. The largest absolute Gasteiger partial charge is 0.493 e. The Labute approximate surface area is 165 Å². The molecule has 0 amide bonds. The number of benzene rings is 3. The second kappa shape index (κ2) is 9.29. The number of rotatable bonds is 7. The lowest BCUT2D eigenvalue weighted by molar-refractivity contribution is 0.305. The summed E-state index contributed by atoms with van der Waals surface area (Å²) in [6.45, 7) is 0.462. The van der Waals surface area contributed by atoms with Gasteiger partial charge in [0.05, 0.1) is 25.9 Å². The van der Waals surface area contributed by atoms with Gasteiger partial charge < -0.3 is 14.2 Å². The van der Waals surface area contributed by atoms with E-state index in [4.69, 9.17) is 14.2 Å². The van der Waals surface area contributed by atoms with Gasteiger partial charge in [-0.15, -0.1) is 0 Å². The molecular formula is C24H21NO3.